The number of rotatable bonds is 3. The van der Waals surface area contributed by atoms with Gasteiger partial charge >= 0.3 is 12.1 Å². The van der Waals surface area contributed by atoms with Crippen molar-refractivity contribution in [3.8, 4) is 16.9 Å². The van der Waals surface area contributed by atoms with Crippen molar-refractivity contribution < 1.29 is 22.7 Å². The Bertz CT molecular complexity index is 1340. The van der Waals surface area contributed by atoms with E-state index in [0.717, 1.165) is 27.8 Å². The van der Waals surface area contributed by atoms with E-state index in [4.69, 9.17) is 4.74 Å². The molecule has 5 heteroatoms. The first-order chi connectivity index (χ1) is 15.5. The maximum absolute atomic E-state index is 13.5. The lowest BCUT2D eigenvalue weighted by molar-refractivity contribution is -0.136. The second kappa shape index (κ2) is 8.39. The van der Waals surface area contributed by atoms with Gasteiger partial charge in [-0.25, -0.2) is 4.79 Å². The first-order valence-electron chi connectivity index (χ1n) is 10.6. The highest BCUT2D eigenvalue weighted by Crippen LogP contribution is 2.38. The van der Waals surface area contributed by atoms with Crippen LogP contribution in [-0.4, -0.2) is 5.97 Å². The maximum atomic E-state index is 13.5. The normalized spacial score (nSPS) is 11.6. The molecule has 0 fully saturated rings. The van der Waals surface area contributed by atoms with E-state index < -0.39 is 17.7 Å². The van der Waals surface area contributed by atoms with Gasteiger partial charge in [-0.15, -0.1) is 0 Å². The fourth-order valence-corrected chi connectivity index (χ4v) is 4.37. The molecular weight excluding hydrogens is 425 g/mol. The van der Waals surface area contributed by atoms with Gasteiger partial charge in [-0.3, -0.25) is 0 Å². The Morgan fingerprint density at radius 3 is 1.94 bits per heavy atom. The number of aryl methyl sites for hydroxylation is 4. The minimum atomic E-state index is -4.41. The Labute approximate surface area is 190 Å². The van der Waals surface area contributed by atoms with Gasteiger partial charge in [0.25, 0.3) is 0 Å². The highest BCUT2D eigenvalue weighted by molar-refractivity contribution is 5.94. The number of alkyl halides is 3. The van der Waals surface area contributed by atoms with Crippen molar-refractivity contribution >= 4 is 16.7 Å². The van der Waals surface area contributed by atoms with Crippen LogP contribution in [0.15, 0.2) is 66.7 Å². The number of carbonyl (C=O) groups is 1. The van der Waals surface area contributed by atoms with Crippen LogP contribution in [0, 0.1) is 27.7 Å². The molecule has 0 radical (unpaired) electrons. The average Bonchev–Trinajstić information content (AvgIpc) is 2.72. The molecule has 0 saturated heterocycles. The lowest BCUT2D eigenvalue weighted by Gasteiger charge is -2.14. The number of ether oxygens (including phenoxy) is 1. The molecule has 4 aromatic carbocycles. The Balaban J connectivity index is 1.61. The van der Waals surface area contributed by atoms with E-state index >= 15 is 0 Å². The van der Waals surface area contributed by atoms with Crippen LogP contribution in [0.4, 0.5) is 13.2 Å². The third-order valence-electron chi connectivity index (χ3n) is 5.79. The van der Waals surface area contributed by atoms with Crippen LogP contribution < -0.4 is 4.74 Å². The Morgan fingerprint density at radius 2 is 1.33 bits per heavy atom. The fraction of sp³-hybridized carbons (Fsp3) is 0.179. The van der Waals surface area contributed by atoms with Gasteiger partial charge in [0.2, 0.25) is 0 Å². The standard InChI is InChI=1S/C28H23F3O2/c1-16-13-18(3)25(19(4)14-16)27(32)33-23-10-7-20(8-11-23)21-9-12-24-22(15-21)6-5-17(2)26(24)28(29,30)31/h5-15H,1-4H3. The van der Waals surface area contributed by atoms with Crippen molar-refractivity contribution in [1.29, 1.82) is 0 Å². The van der Waals surface area contributed by atoms with Crippen LogP contribution in [0.5, 0.6) is 5.75 Å². The first kappa shape index (κ1) is 22.6. The van der Waals surface area contributed by atoms with Gasteiger partial charge < -0.3 is 4.74 Å². The summed E-state index contributed by atoms with van der Waals surface area (Å²) in [5, 5.41) is 0.701. The zero-order valence-electron chi connectivity index (χ0n) is 18.8. The van der Waals surface area contributed by atoms with Gasteiger partial charge in [0.1, 0.15) is 5.75 Å². The van der Waals surface area contributed by atoms with E-state index in [0.29, 0.717) is 16.7 Å². The minimum Gasteiger partial charge on any atom is -0.423 e. The predicted molar refractivity (Wildman–Crippen MR) is 125 cm³/mol. The number of fused-ring (bicyclic) bond motifs is 1. The summed E-state index contributed by atoms with van der Waals surface area (Å²) in [6, 6.07) is 19.0. The van der Waals surface area contributed by atoms with Crippen LogP contribution in [0.1, 0.15) is 38.2 Å². The molecule has 0 aliphatic rings. The van der Waals surface area contributed by atoms with Crippen molar-refractivity contribution in [1.82, 2.24) is 0 Å². The zero-order chi connectivity index (χ0) is 23.9. The number of hydrogen-bond acceptors (Lipinski definition) is 2. The van der Waals surface area contributed by atoms with Crippen LogP contribution in [0.25, 0.3) is 21.9 Å². The van der Waals surface area contributed by atoms with E-state index in [-0.39, 0.29) is 10.9 Å². The minimum absolute atomic E-state index is 0.181. The van der Waals surface area contributed by atoms with E-state index in [2.05, 4.69) is 0 Å². The summed E-state index contributed by atoms with van der Waals surface area (Å²) >= 11 is 0. The van der Waals surface area contributed by atoms with Crippen molar-refractivity contribution in [2.75, 3.05) is 0 Å². The number of hydrogen-bond donors (Lipinski definition) is 0. The van der Waals surface area contributed by atoms with E-state index in [1.165, 1.54) is 19.1 Å². The van der Waals surface area contributed by atoms with Gasteiger partial charge in [-0.05, 0) is 84.5 Å². The highest BCUT2D eigenvalue weighted by atomic mass is 19.4. The summed E-state index contributed by atoms with van der Waals surface area (Å²) in [5.41, 5.74) is 4.55. The zero-order valence-corrected chi connectivity index (χ0v) is 18.8. The average molecular weight is 448 g/mol. The Morgan fingerprint density at radius 1 is 0.727 bits per heavy atom. The van der Waals surface area contributed by atoms with Crippen molar-refractivity contribution in [2.24, 2.45) is 0 Å². The van der Waals surface area contributed by atoms with Crippen LogP contribution >= 0.6 is 0 Å². The molecule has 0 aliphatic carbocycles. The molecule has 0 N–H and O–H groups in total. The summed E-state index contributed by atoms with van der Waals surface area (Å²) < 4.78 is 46.1. The molecule has 0 spiro atoms. The summed E-state index contributed by atoms with van der Waals surface area (Å²) in [4.78, 5) is 12.7. The highest BCUT2D eigenvalue weighted by Gasteiger charge is 2.34. The molecule has 0 bridgehead atoms. The molecule has 2 nitrogen and oxygen atoms in total. The molecule has 0 amide bonds. The third kappa shape index (κ3) is 4.49. The lowest BCUT2D eigenvalue weighted by Crippen LogP contribution is -2.12. The van der Waals surface area contributed by atoms with E-state index in [1.54, 1.807) is 42.5 Å². The SMILES string of the molecule is Cc1cc(C)c(C(=O)Oc2ccc(-c3ccc4c(C(F)(F)F)c(C)ccc4c3)cc2)c(C)c1. The molecule has 0 atom stereocenters. The molecule has 4 aromatic rings. The van der Waals surface area contributed by atoms with Gasteiger partial charge in [0, 0.05) is 0 Å². The largest absolute Gasteiger partial charge is 0.423 e. The quantitative estimate of drug-likeness (QED) is 0.235. The fourth-order valence-electron chi connectivity index (χ4n) is 4.37. The first-order valence-corrected chi connectivity index (χ1v) is 10.6. The van der Waals surface area contributed by atoms with E-state index in [1.807, 2.05) is 32.9 Å². The van der Waals surface area contributed by atoms with Crippen LogP contribution in [-0.2, 0) is 6.18 Å². The second-order valence-electron chi connectivity index (χ2n) is 8.38. The van der Waals surface area contributed by atoms with Gasteiger partial charge in [0.15, 0.2) is 0 Å². The molecule has 0 aromatic heterocycles. The van der Waals surface area contributed by atoms with Gasteiger partial charge in [0.05, 0.1) is 11.1 Å². The van der Waals surface area contributed by atoms with Crippen LogP contribution in [0.2, 0.25) is 0 Å². The molecule has 0 saturated carbocycles. The Kier molecular flexibility index (Phi) is 5.75. The smallest absolute Gasteiger partial charge is 0.417 e. The van der Waals surface area contributed by atoms with E-state index in [9.17, 15) is 18.0 Å². The molecule has 0 heterocycles. The monoisotopic (exact) mass is 448 g/mol. The number of carbonyl (C=O) groups excluding carboxylic acids is 1. The van der Waals surface area contributed by atoms with Crippen molar-refractivity contribution in [3.05, 3.63) is 100 Å². The predicted octanol–water partition coefficient (Wildman–Crippen LogP) is 7.98. The Hall–Kier alpha value is -3.60. The molecule has 0 aliphatic heterocycles. The lowest BCUT2D eigenvalue weighted by atomic mass is 9.95. The van der Waals surface area contributed by atoms with Crippen molar-refractivity contribution in [3.63, 3.8) is 0 Å². The summed E-state index contributed by atoms with van der Waals surface area (Å²) in [5.74, 6) is -0.0163. The second-order valence-corrected chi connectivity index (χ2v) is 8.38. The third-order valence-corrected chi connectivity index (χ3v) is 5.79. The van der Waals surface area contributed by atoms with Gasteiger partial charge in [-0.2, -0.15) is 13.2 Å². The van der Waals surface area contributed by atoms with Gasteiger partial charge in [-0.1, -0.05) is 54.1 Å². The molecular formula is C28H23F3O2. The maximum Gasteiger partial charge on any atom is 0.417 e. The summed E-state index contributed by atoms with van der Waals surface area (Å²) in [6.45, 7) is 7.21. The molecule has 0 unspecified atom stereocenters. The number of benzene rings is 4. The molecule has 33 heavy (non-hydrogen) atoms. The molecule has 4 rings (SSSR count). The van der Waals surface area contributed by atoms with Crippen LogP contribution in [0.3, 0.4) is 0 Å². The molecule has 168 valence electrons. The summed E-state index contributed by atoms with van der Waals surface area (Å²) in [6.07, 6.45) is -4.41. The number of esters is 1. The van der Waals surface area contributed by atoms with Crippen molar-refractivity contribution in [2.45, 2.75) is 33.9 Å². The topological polar surface area (TPSA) is 26.3 Å². The number of halogens is 3. The summed E-state index contributed by atoms with van der Waals surface area (Å²) in [7, 11) is 0.